The standard InChI is InChI=1S/2C15H26N2O2.4C14H24N2O2.2C13H22N2O2/c1-6-8-9-15(4,5)10-16-14(18)13-11(3)12(7-2)19-17-13;1-6-9-15(5,8-3)10-16-14(18)13-11(4)12(7-2)19-17-13;1-6-8-14(4,5)9-15-13(17)12-10(3)11(7-2)18-16-12;1-6-11-10(4)12(16-18-11)13(17)15-9-14(5,7-2)8-3;1-5-7-8-14(3,4)10-15-13(17)12-9-11(6-2)18-16-12;1-5-8-14(4,7-3)10-15-13(17)12-9-11(6-2)18-16-12;1-5-7-13(3,4)9-14-12(16)11-8-10(6-2)17-15-11;1-5-10-8-11(15-17-10)12(16)14-9-13(4,6-2)7-3/h2*6-10H2,1-5H3,(H,16,18);2*6-9H2,1-5H3,(H,15,17);2*9H,5-8,10H2,1-4H3,(H,15,17);2*8H,5-7,9H2,1-4H3,(H,14,16). The molecule has 2 atom stereocenters. The number of aryl methyl sites for hydroxylation is 8. The maximum Gasteiger partial charge on any atom is 0.273 e. The number of aromatic nitrogens is 8. The molecule has 0 radical (unpaired) electrons. The molecule has 0 aliphatic rings. The van der Waals surface area contributed by atoms with Gasteiger partial charge in [0.15, 0.2) is 45.6 Å². The van der Waals surface area contributed by atoms with Crippen molar-refractivity contribution in [3.05, 3.63) is 138 Å². The molecule has 0 bridgehead atoms. The Morgan fingerprint density at radius 3 is 0.583 bits per heavy atom. The van der Waals surface area contributed by atoms with Crippen LogP contribution in [-0.4, -0.2) is 141 Å². The summed E-state index contributed by atoms with van der Waals surface area (Å²) >= 11 is 0. The maximum atomic E-state index is 12.1. The number of amides is 8. The Morgan fingerprint density at radius 2 is 0.410 bits per heavy atom. The quantitative estimate of drug-likeness (QED) is 0.0175. The van der Waals surface area contributed by atoms with E-state index >= 15 is 0 Å². The number of carbonyl (C=O) groups excluding carboxylic acids is 8. The van der Waals surface area contributed by atoms with Crippen molar-refractivity contribution < 1.29 is 74.5 Å². The molecule has 8 N–H and O–H groups in total. The summed E-state index contributed by atoms with van der Waals surface area (Å²) in [7, 11) is 0. The molecule has 32 heteroatoms. The zero-order valence-electron chi connectivity index (χ0n) is 95.9. The summed E-state index contributed by atoms with van der Waals surface area (Å²) in [5.41, 5.74) is 7.72. The molecule has 0 saturated heterocycles. The third-order valence-corrected chi connectivity index (χ3v) is 27.5. The Morgan fingerprint density at radius 1 is 0.222 bits per heavy atom. The molecule has 8 aromatic rings. The molecule has 0 aliphatic carbocycles. The lowest BCUT2D eigenvalue weighted by molar-refractivity contribution is 0.0912. The molecule has 0 aliphatic heterocycles. The van der Waals surface area contributed by atoms with Crippen LogP contribution in [0.1, 0.15) is 502 Å². The van der Waals surface area contributed by atoms with Crippen molar-refractivity contribution in [3.63, 3.8) is 0 Å². The first-order valence-electron chi connectivity index (χ1n) is 53.7. The topological polar surface area (TPSA) is 441 Å². The summed E-state index contributed by atoms with van der Waals surface area (Å²) in [6.45, 7) is 80.7. The van der Waals surface area contributed by atoms with Gasteiger partial charge < -0.3 is 78.7 Å². The van der Waals surface area contributed by atoms with Crippen molar-refractivity contribution in [3.8, 4) is 0 Å². The van der Waals surface area contributed by atoms with Crippen molar-refractivity contribution >= 4 is 47.3 Å². The monoisotopic (exact) mass is 2020 g/mol. The minimum atomic E-state index is -0.155. The second-order valence-corrected chi connectivity index (χ2v) is 42.5. The van der Waals surface area contributed by atoms with Crippen LogP contribution in [0.3, 0.4) is 0 Å². The zero-order chi connectivity index (χ0) is 109. The van der Waals surface area contributed by atoms with Crippen molar-refractivity contribution in [1.82, 2.24) is 83.8 Å². The molecule has 8 aromatic heterocycles. The highest BCUT2D eigenvalue weighted by molar-refractivity contribution is 5.96. The lowest BCUT2D eigenvalue weighted by Crippen LogP contribution is -2.35. The summed E-state index contributed by atoms with van der Waals surface area (Å²) < 4.78 is 40.6. The average Bonchev–Trinajstić information content (AvgIpc) is 1.71. The van der Waals surface area contributed by atoms with Crippen LogP contribution in [0.4, 0.5) is 0 Å². The second-order valence-electron chi connectivity index (χ2n) is 42.5. The first-order chi connectivity index (χ1) is 67.8. The molecule has 0 saturated carbocycles. The highest BCUT2D eigenvalue weighted by Gasteiger charge is 2.31. The van der Waals surface area contributed by atoms with Crippen LogP contribution >= 0.6 is 0 Å². The third kappa shape index (κ3) is 47.3. The molecule has 32 nitrogen and oxygen atoms in total. The van der Waals surface area contributed by atoms with E-state index in [2.05, 4.69) is 250 Å². The number of nitrogens with zero attached hydrogens (tertiary/aromatic N) is 8. The van der Waals surface area contributed by atoms with Gasteiger partial charge in [-0.3, -0.25) is 38.4 Å². The molecular formula is C112H192N16O16. The Hall–Kier alpha value is -10.6. The molecule has 144 heavy (non-hydrogen) atoms. The predicted octanol–water partition coefficient (Wildman–Crippen LogP) is 25.1. The largest absolute Gasteiger partial charge is 0.361 e. The summed E-state index contributed by atoms with van der Waals surface area (Å²) in [4.78, 5) is 95.6. The molecule has 8 heterocycles. The van der Waals surface area contributed by atoms with Crippen molar-refractivity contribution in [2.75, 3.05) is 52.4 Å². The first-order valence-corrected chi connectivity index (χ1v) is 53.7. The first kappa shape index (κ1) is 131. The molecular weight excluding hydrogens is 1830 g/mol. The molecule has 8 amide bonds. The molecule has 2 unspecified atom stereocenters. The van der Waals surface area contributed by atoms with Gasteiger partial charge in [0.05, 0.1) is 0 Å². The van der Waals surface area contributed by atoms with Gasteiger partial charge in [0.2, 0.25) is 0 Å². The van der Waals surface area contributed by atoms with E-state index in [1.54, 1.807) is 24.3 Å². The lowest BCUT2D eigenvalue weighted by Gasteiger charge is -2.27. The number of carbonyl (C=O) groups is 8. The van der Waals surface area contributed by atoms with Gasteiger partial charge in [-0.2, -0.15) is 0 Å². The van der Waals surface area contributed by atoms with Gasteiger partial charge in [-0.1, -0.05) is 314 Å². The van der Waals surface area contributed by atoms with E-state index in [4.69, 9.17) is 36.2 Å². The van der Waals surface area contributed by atoms with Crippen LogP contribution in [0.2, 0.25) is 0 Å². The molecule has 0 spiro atoms. The van der Waals surface area contributed by atoms with E-state index in [-0.39, 0.29) is 90.6 Å². The van der Waals surface area contributed by atoms with Gasteiger partial charge in [-0.05, 0) is 148 Å². The van der Waals surface area contributed by atoms with E-state index in [1.165, 1.54) is 25.7 Å². The van der Waals surface area contributed by atoms with Crippen LogP contribution < -0.4 is 42.5 Å². The van der Waals surface area contributed by atoms with Crippen LogP contribution in [0.15, 0.2) is 60.5 Å². The Bertz CT molecular complexity index is 5000. The van der Waals surface area contributed by atoms with Crippen LogP contribution in [-0.2, 0) is 51.4 Å². The number of hydrogen-bond acceptors (Lipinski definition) is 24. The molecule has 0 aromatic carbocycles. The third-order valence-electron chi connectivity index (χ3n) is 27.5. The number of nitrogens with one attached hydrogen (secondary N) is 8. The van der Waals surface area contributed by atoms with Crippen LogP contribution in [0.5, 0.6) is 0 Å². The predicted molar refractivity (Wildman–Crippen MR) is 573 cm³/mol. The second kappa shape index (κ2) is 66.5. The lowest BCUT2D eigenvalue weighted by atomic mass is 9.83. The van der Waals surface area contributed by atoms with Gasteiger partial charge in [-0.15, -0.1) is 0 Å². The van der Waals surface area contributed by atoms with Gasteiger partial charge in [-0.25, -0.2) is 0 Å². The SMILES string of the molecule is CCCC(C)(C)CNC(=O)c1cc(CC)on1.CCCC(C)(C)CNC(=O)c1noc(CC)c1C.CCCC(C)(CC)CNC(=O)c1cc(CC)on1.CCCC(C)(CC)CNC(=O)c1noc(CC)c1C.CCCCC(C)(C)CNC(=O)c1cc(CC)on1.CCCCC(C)(C)CNC(=O)c1noc(CC)c1C.CCc1cc(C(=O)NCC(C)(CC)CC)no1.CCc1onc(C(=O)NCC(C)(CC)CC)c1C. The van der Waals surface area contributed by atoms with Gasteiger partial charge >= 0.3 is 0 Å². The Balaban J connectivity index is 0.000000823. The van der Waals surface area contributed by atoms with E-state index < -0.39 is 0 Å². The highest BCUT2D eigenvalue weighted by Crippen LogP contribution is 2.32. The highest BCUT2D eigenvalue weighted by atomic mass is 16.5. The molecule has 0 fully saturated rings. The maximum absolute atomic E-state index is 12.1. The van der Waals surface area contributed by atoms with Gasteiger partial charge in [0.1, 0.15) is 46.1 Å². The molecule has 816 valence electrons. The Labute approximate surface area is 863 Å². The van der Waals surface area contributed by atoms with Crippen LogP contribution in [0, 0.1) is 71.0 Å². The summed E-state index contributed by atoms with van der Waals surface area (Å²) in [6.07, 6.45) is 28.2. The minimum Gasteiger partial charge on any atom is -0.361 e. The number of rotatable bonds is 52. The smallest absolute Gasteiger partial charge is 0.273 e. The summed E-state index contributed by atoms with van der Waals surface area (Å²) in [6, 6.07) is 6.81. The van der Waals surface area contributed by atoms with E-state index in [9.17, 15) is 38.4 Å². The number of hydrogen-bond donors (Lipinski definition) is 8. The zero-order valence-corrected chi connectivity index (χ0v) is 95.9. The summed E-state index contributed by atoms with van der Waals surface area (Å²) in [5, 5.41) is 54.0. The van der Waals surface area contributed by atoms with Crippen molar-refractivity contribution in [2.45, 2.75) is 429 Å². The normalized spacial score (nSPS) is 12.2. The van der Waals surface area contributed by atoms with E-state index in [0.717, 1.165) is 222 Å². The fourth-order valence-electron chi connectivity index (χ4n) is 15.1. The van der Waals surface area contributed by atoms with Crippen LogP contribution in [0.25, 0.3) is 0 Å². The number of unbranched alkanes of at least 4 members (excludes halogenated alkanes) is 2. The van der Waals surface area contributed by atoms with E-state index in [0.29, 0.717) is 97.9 Å². The fourth-order valence-corrected chi connectivity index (χ4v) is 15.1. The van der Waals surface area contributed by atoms with E-state index in [1.807, 2.05) is 83.1 Å². The fraction of sp³-hybridized carbons (Fsp3) is 0.714. The van der Waals surface area contributed by atoms with Crippen molar-refractivity contribution in [2.24, 2.45) is 43.3 Å². The summed E-state index contributed by atoms with van der Waals surface area (Å²) in [5.74, 6) is 4.97. The minimum absolute atomic E-state index is 0.121. The Kier molecular flexibility index (Phi) is 60.7. The van der Waals surface area contributed by atoms with Gasteiger partial charge in [0, 0.05) is 150 Å². The molecule has 8 rings (SSSR count). The van der Waals surface area contributed by atoms with Gasteiger partial charge in [0.25, 0.3) is 47.3 Å². The van der Waals surface area contributed by atoms with Crippen molar-refractivity contribution in [1.29, 1.82) is 0 Å². The average molecular weight is 2020 g/mol.